The van der Waals surface area contributed by atoms with Gasteiger partial charge in [-0.25, -0.2) is 0 Å². The highest BCUT2D eigenvalue weighted by Crippen LogP contribution is 2.20. The van der Waals surface area contributed by atoms with Crippen LogP contribution in [0.15, 0.2) is 18.2 Å². The van der Waals surface area contributed by atoms with Gasteiger partial charge in [-0.2, -0.15) is 0 Å². The standard InChI is InChI=1S/C14H19NO2/c1-10-9-11(7-8-13(10)17-2)14(16)15-12-5-3-4-6-12/h7-9,12H,3-6H2,1-2H3,(H,15,16). The zero-order chi connectivity index (χ0) is 12.3. The number of hydrogen-bond acceptors (Lipinski definition) is 2. The summed E-state index contributed by atoms with van der Waals surface area (Å²) in [5.74, 6) is 0.852. The Morgan fingerprint density at radius 2 is 2.06 bits per heavy atom. The van der Waals surface area contributed by atoms with E-state index < -0.39 is 0 Å². The van der Waals surface area contributed by atoms with Gasteiger partial charge < -0.3 is 10.1 Å². The Bertz CT molecular complexity index is 409. The monoisotopic (exact) mass is 233 g/mol. The van der Waals surface area contributed by atoms with Crippen LogP contribution in [-0.4, -0.2) is 19.1 Å². The van der Waals surface area contributed by atoms with Crippen molar-refractivity contribution in [2.24, 2.45) is 0 Å². The molecule has 3 heteroatoms. The molecule has 1 amide bonds. The summed E-state index contributed by atoms with van der Waals surface area (Å²) in [6.07, 6.45) is 4.68. The predicted molar refractivity (Wildman–Crippen MR) is 67.5 cm³/mol. The van der Waals surface area contributed by atoms with E-state index in [2.05, 4.69) is 5.32 Å². The molecule has 1 aliphatic rings. The molecular formula is C14H19NO2. The molecule has 0 heterocycles. The summed E-state index contributed by atoms with van der Waals surface area (Å²) in [6, 6.07) is 5.91. The number of carbonyl (C=O) groups excluding carboxylic acids is 1. The summed E-state index contributed by atoms with van der Waals surface area (Å²) < 4.78 is 5.18. The van der Waals surface area contributed by atoms with E-state index >= 15 is 0 Å². The van der Waals surface area contributed by atoms with Crippen LogP contribution in [0.4, 0.5) is 0 Å². The average molecular weight is 233 g/mol. The van der Waals surface area contributed by atoms with Crippen LogP contribution in [0.3, 0.4) is 0 Å². The van der Waals surface area contributed by atoms with Crippen LogP contribution < -0.4 is 10.1 Å². The summed E-state index contributed by atoms with van der Waals surface area (Å²) in [5.41, 5.74) is 1.71. The van der Waals surface area contributed by atoms with E-state index in [1.165, 1.54) is 12.8 Å². The molecule has 1 N–H and O–H groups in total. The van der Waals surface area contributed by atoms with E-state index in [1.54, 1.807) is 7.11 Å². The van der Waals surface area contributed by atoms with E-state index in [0.717, 1.165) is 29.7 Å². The zero-order valence-electron chi connectivity index (χ0n) is 10.5. The van der Waals surface area contributed by atoms with Gasteiger partial charge in [-0.05, 0) is 43.5 Å². The fourth-order valence-corrected chi connectivity index (χ4v) is 2.36. The number of benzene rings is 1. The normalized spacial score (nSPS) is 15.9. The molecule has 1 aliphatic carbocycles. The van der Waals surface area contributed by atoms with Gasteiger partial charge in [0.25, 0.3) is 5.91 Å². The molecule has 0 bridgehead atoms. The molecule has 0 unspecified atom stereocenters. The second-order valence-corrected chi connectivity index (χ2v) is 4.64. The quantitative estimate of drug-likeness (QED) is 0.871. The van der Waals surface area contributed by atoms with Crippen molar-refractivity contribution in [2.45, 2.75) is 38.6 Å². The highest BCUT2D eigenvalue weighted by atomic mass is 16.5. The molecule has 0 radical (unpaired) electrons. The fraction of sp³-hybridized carbons (Fsp3) is 0.500. The minimum atomic E-state index is 0.0302. The van der Waals surface area contributed by atoms with Crippen LogP contribution in [-0.2, 0) is 0 Å². The van der Waals surface area contributed by atoms with Crippen LogP contribution in [0.1, 0.15) is 41.6 Å². The van der Waals surface area contributed by atoms with Gasteiger partial charge in [0.15, 0.2) is 0 Å². The van der Waals surface area contributed by atoms with Crippen LogP contribution in [0.2, 0.25) is 0 Å². The molecule has 0 saturated heterocycles. The molecule has 3 nitrogen and oxygen atoms in total. The molecule has 1 fully saturated rings. The Morgan fingerprint density at radius 1 is 1.35 bits per heavy atom. The van der Waals surface area contributed by atoms with Crippen molar-refractivity contribution >= 4 is 5.91 Å². The van der Waals surface area contributed by atoms with Crippen molar-refractivity contribution in [1.29, 1.82) is 0 Å². The number of rotatable bonds is 3. The summed E-state index contributed by atoms with van der Waals surface area (Å²) in [5, 5.41) is 3.08. The summed E-state index contributed by atoms with van der Waals surface area (Å²) in [4.78, 5) is 12.0. The molecule has 92 valence electrons. The van der Waals surface area contributed by atoms with Gasteiger partial charge >= 0.3 is 0 Å². The van der Waals surface area contributed by atoms with Gasteiger partial charge in [0.1, 0.15) is 5.75 Å². The lowest BCUT2D eigenvalue weighted by Crippen LogP contribution is -2.32. The SMILES string of the molecule is COc1ccc(C(=O)NC2CCCC2)cc1C. The molecule has 0 atom stereocenters. The largest absolute Gasteiger partial charge is 0.496 e. The third kappa shape index (κ3) is 2.78. The first-order chi connectivity index (χ1) is 8.20. The van der Waals surface area contributed by atoms with Gasteiger partial charge in [0.05, 0.1) is 7.11 Å². The number of methoxy groups -OCH3 is 1. The van der Waals surface area contributed by atoms with E-state index in [4.69, 9.17) is 4.74 Å². The number of aryl methyl sites for hydroxylation is 1. The first kappa shape index (κ1) is 12.0. The second-order valence-electron chi connectivity index (χ2n) is 4.64. The molecule has 0 aliphatic heterocycles. The van der Waals surface area contributed by atoms with Crippen molar-refractivity contribution < 1.29 is 9.53 Å². The Morgan fingerprint density at radius 3 is 2.65 bits per heavy atom. The van der Waals surface area contributed by atoms with E-state index in [0.29, 0.717) is 6.04 Å². The van der Waals surface area contributed by atoms with Gasteiger partial charge in [-0.3, -0.25) is 4.79 Å². The maximum Gasteiger partial charge on any atom is 0.251 e. The van der Waals surface area contributed by atoms with Gasteiger partial charge in [0, 0.05) is 11.6 Å². The number of carbonyl (C=O) groups is 1. The molecule has 1 aromatic carbocycles. The van der Waals surface area contributed by atoms with Gasteiger partial charge in [0.2, 0.25) is 0 Å². The second kappa shape index (κ2) is 5.21. The van der Waals surface area contributed by atoms with Crippen molar-refractivity contribution in [1.82, 2.24) is 5.32 Å². The summed E-state index contributed by atoms with van der Waals surface area (Å²) in [7, 11) is 1.64. The van der Waals surface area contributed by atoms with Gasteiger partial charge in [-0.1, -0.05) is 12.8 Å². The molecule has 2 rings (SSSR count). The Hall–Kier alpha value is -1.51. The Balaban J connectivity index is 2.05. The average Bonchev–Trinajstić information content (AvgIpc) is 2.81. The Kier molecular flexibility index (Phi) is 3.67. The first-order valence-electron chi connectivity index (χ1n) is 6.16. The molecule has 1 aromatic rings. The molecule has 0 aromatic heterocycles. The highest BCUT2D eigenvalue weighted by Gasteiger charge is 2.18. The van der Waals surface area contributed by atoms with Crippen molar-refractivity contribution in [3.8, 4) is 5.75 Å². The lowest BCUT2D eigenvalue weighted by Gasteiger charge is -2.13. The van der Waals surface area contributed by atoms with E-state index in [1.807, 2.05) is 25.1 Å². The number of ether oxygens (including phenoxy) is 1. The predicted octanol–water partition coefficient (Wildman–Crippen LogP) is 2.68. The van der Waals surface area contributed by atoms with Crippen molar-refractivity contribution in [3.05, 3.63) is 29.3 Å². The topological polar surface area (TPSA) is 38.3 Å². The highest BCUT2D eigenvalue weighted by molar-refractivity contribution is 5.94. The summed E-state index contributed by atoms with van der Waals surface area (Å²) in [6.45, 7) is 1.95. The van der Waals surface area contributed by atoms with Crippen LogP contribution in [0, 0.1) is 6.92 Å². The molecule has 1 saturated carbocycles. The smallest absolute Gasteiger partial charge is 0.251 e. The van der Waals surface area contributed by atoms with Crippen molar-refractivity contribution in [3.63, 3.8) is 0 Å². The number of hydrogen-bond donors (Lipinski definition) is 1. The summed E-state index contributed by atoms with van der Waals surface area (Å²) >= 11 is 0. The van der Waals surface area contributed by atoms with Crippen LogP contribution >= 0.6 is 0 Å². The van der Waals surface area contributed by atoms with E-state index in [9.17, 15) is 4.79 Å². The fourth-order valence-electron chi connectivity index (χ4n) is 2.36. The van der Waals surface area contributed by atoms with E-state index in [-0.39, 0.29) is 5.91 Å². The maximum absolute atomic E-state index is 12.0. The zero-order valence-corrected chi connectivity index (χ0v) is 10.5. The maximum atomic E-state index is 12.0. The first-order valence-corrected chi connectivity index (χ1v) is 6.16. The third-order valence-electron chi connectivity index (χ3n) is 3.35. The van der Waals surface area contributed by atoms with Crippen molar-refractivity contribution in [2.75, 3.05) is 7.11 Å². The molecule has 17 heavy (non-hydrogen) atoms. The molecule has 0 spiro atoms. The van der Waals surface area contributed by atoms with Crippen LogP contribution in [0.25, 0.3) is 0 Å². The minimum Gasteiger partial charge on any atom is -0.496 e. The lowest BCUT2D eigenvalue weighted by molar-refractivity contribution is 0.0938. The van der Waals surface area contributed by atoms with Crippen LogP contribution in [0.5, 0.6) is 5.75 Å². The lowest BCUT2D eigenvalue weighted by atomic mass is 10.1. The molecular weight excluding hydrogens is 214 g/mol. The number of nitrogens with one attached hydrogen (secondary N) is 1. The minimum absolute atomic E-state index is 0.0302. The van der Waals surface area contributed by atoms with Gasteiger partial charge in [-0.15, -0.1) is 0 Å². The third-order valence-corrected chi connectivity index (χ3v) is 3.35. The Labute approximate surface area is 102 Å². The number of amides is 1.